The van der Waals surface area contributed by atoms with Gasteiger partial charge < -0.3 is 19.5 Å². The summed E-state index contributed by atoms with van der Waals surface area (Å²) in [5.74, 6) is 1.89. The minimum Gasteiger partial charge on any atom is -0.493 e. The zero-order chi connectivity index (χ0) is 15.7. The van der Waals surface area contributed by atoms with Gasteiger partial charge in [-0.1, -0.05) is 23.8 Å². The Morgan fingerprint density at radius 2 is 1.67 bits per heavy atom. The highest BCUT2D eigenvalue weighted by Gasteiger charge is 2.11. The SMILES string of the molecule is CN\C=C/C=C(C)/C=C\c1cc(OC)c(OC)c(OC)c1. The van der Waals surface area contributed by atoms with Gasteiger partial charge in [-0.15, -0.1) is 0 Å². The summed E-state index contributed by atoms with van der Waals surface area (Å²) in [7, 11) is 6.68. The third-order valence-corrected chi connectivity index (χ3v) is 2.85. The van der Waals surface area contributed by atoms with Crippen LogP contribution in [0.1, 0.15) is 12.5 Å². The molecule has 0 unspecified atom stereocenters. The van der Waals surface area contributed by atoms with Gasteiger partial charge in [0.1, 0.15) is 0 Å². The molecular weight excluding hydrogens is 266 g/mol. The molecule has 0 saturated heterocycles. The molecule has 0 fully saturated rings. The van der Waals surface area contributed by atoms with Gasteiger partial charge in [-0.2, -0.15) is 0 Å². The number of hydrogen-bond donors (Lipinski definition) is 1. The fraction of sp³-hybridized carbons (Fsp3) is 0.294. The van der Waals surface area contributed by atoms with Crippen molar-refractivity contribution in [2.75, 3.05) is 28.4 Å². The number of allylic oxidation sites excluding steroid dienone is 4. The molecule has 0 aliphatic rings. The van der Waals surface area contributed by atoms with Crippen molar-refractivity contribution in [2.24, 2.45) is 0 Å². The number of benzene rings is 1. The van der Waals surface area contributed by atoms with Gasteiger partial charge >= 0.3 is 0 Å². The highest BCUT2D eigenvalue weighted by Crippen LogP contribution is 2.38. The van der Waals surface area contributed by atoms with E-state index < -0.39 is 0 Å². The van der Waals surface area contributed by atoms with Crippen LogP contribution in [0, 0.1) is 0 Å². The molecule has 1 N–H and O–H groups in total. The molecule has 0 aromatic heterocycles. The molecule has 4 nitrogen and oxygen atoms in total. The molecule has 114 valence electrons. The van der Waals surface area contributed by atoms with Gasteiger partial charge in [0.25, 0.3) is 0 Å². The van der Waals surface area contributed by atoms with E-state index in [0.717, 1.165) is 11.1 Å². The molecule has 0 aliphatic carbocycles. The average Bonchev–Trinajstić information content (AvgIpc) is 2.51. The molecular formula is C17H23NO3. The highest BCUT2D eigenvalue weighted by atomic mass is 16.5. The zero-order valence-electron chi connectivity index (χ0n) is 13.3. The summed E-state index contributed by atoms with van der Waals surface area (Å²) in [6.07, 6.45) is 9.88. The lowest BCUT2D eigenvalue weighted by Crippen LogP contribution is -1.95. The van der Waals surface area contributed by atoms with Crippen LogP contribution in [0.2, 0.25) is 0 Å². The van der Waals surface area contributed by atoms with Crippen LogP contribution < -0.4 is 19.5 Å². The minimum atomic E-state index is 0.598. The van der Waals surface area contributed by atoms with Crippen molar-refractivity contribution in [3.63, 3.8) is 0 Å². The molecule has 21 heavy (non-hydrogen) atoms. The van der Waals surface area contributed by atoms with Gasteiger partial charge in [0.2, 0.25) is 5.75 Å². The van der Waals surface area contributed by atoms with Gasteiger partial charge in [-0.05, 0) is 36.9 Å². The molecule has 0 aliphatic heterocycles. The maximum atomic E-state index is 5.33. The van der Waals surface area contributed by atoms with Gasteiger partial charge in [0.05, 0.1) is 21.3 Å². The second-order valence-corrected chi connectivity index (χ2v) is 4.35. The van der Waals surface area contributed by atoms with Crippen LogP contribution in [-0.2, 0) is 0 Å². The lowest BCUT2D eigenvalue weighted by molar-refractivity contribution is 0.324. The maximum Gasteiger partial charge on any atom is 0.203 e. The fourth-order valence-corrected chi connectivity index (χ4v) is 1.78. The van der Waals surface area contributed by atoms with Crippen LogP contribution in [0.3, 0.4) is 0 Å². The summed E-state index contributed by atoms with van der Waals surface area (Å²) < 4.78 is 16.0. The summed E-state index contributed by atoms with van der Waals surface area (Å²) in [6.45, 7) is 2.04. The molecule has 0 heterocycles. The largest absolute Gasteiger partial charge is 0.493 e. The van der Waals surface area contributed by atoms with E-state index in [1.807, 2.05) is 56.6 Å². The first-order valence-electron chi connectivity index (χ1n) is 6.65. The Hall–Kier alpha value is -2.36. The molecule has 1 aromatic rings. The Bertz CT molecular complexity index is 520. The third kappa shape index (κ3) is 4.91. The molecule has 0 bridgehead atoms. The van der Waals surface area contributed by atoms with E-state index in [1.165, 1.54) is 0 Å². The smallest absolute Gasteiger partial charge is 0.203 e. The first-order valence-corrected chi connectivity index (χ1v) is 6.65. The molecule has 0 atom stereocenters. The van der Waals surface area contributed by atoms with Gasteiger partial charge in [0, 0.05) is 7.05 Å². The van der Waals surface area contributed by atoms with Crippen molar-refractivity contribution >= 4 is 6.08 Å². The molecule has 1 rings (SSSR count). The van der Waals surface area contributed by atoms with Crippen LogP contribution in [0.4, 0.5) is 0 Å². The first-order chi connectivity index (χ1) is 10.2. The summed E-state index contributed by atoms with van der Waals surface area (Å²) >= 11 is 0. The Balaban J connectivity index is 3.03. The number of hydrogen-bond acceptors (Lipinski definition) is 4. The van der Waals surface area contributed by atoms with Crippen LogP contribution in [0.5, 0.6) is 17.2 Å². The lowest BCUT2D eigenvalue weighted by atomic mass is 10.1. The van der Waals surface area contributed by atoms with Gasteiger partial charge in [0.15, 0.2) is 11.5 Å². The molecule has 0 spiro atoms. The van der Waals surface area contributed by atoms with Crippen LogP contribution in [0.25, 0.3) is 6.08 Å². The lowest BCUT2D eigenvalue weighted by Gasteiger charge is -2.12. The summed E-state index contributed by atoms with van der Waals surface area (Å²) in [5.41, 5.74) is 2.12. The molecule has 4 heteroatoms. The minimum absolute atomic E-state index is 0.598. The summed E-state index contributed by atoms with van der Waals surface area (Å²) in [6, 6.07) is 3.82. The second kappa shape index (κ2) is 8.74. The van der Waals surface area contributed by atoms with Gasteiger partial charge in [-0.3, -0.25) is 0 Å². The fourth-order valence-electron chi connectivity index (χ4n) is 1.78. The average molecular weight is 289 g/mol. The number of methoxy groups -OCH3 is 3. The quantitative estimate of drug-likeness (QED) is 0.781. The zero-order valence-corrected chi connectivity index (χ0v) is 13.3. The third-order valence-electron chi connectivity index (χ3n) is 2.85. The van der Waals surface area contributed by atoms with Crippen molar-refractivity contribution in [1.29, 1.82) is 0 Å². The highest BCUT2D eigenvalue weighted by molar-refractivity contribution is 5.63. The Kier molecular flexibility index (Phi) is 6.95. The first kappa shape index (κ1) is 16.7. The van der Waals surface area contributed by atoms with Crippen molar-refractivity contribution in [3.05, 3.63) is 47.7 Å². The van der Waals surface area contributed by atoms with Crippen LogP contribution in [-0.4, -0.2) is 28.4 Å². The van der Waals surface area contributed by atoms with E-state index in [0.29, 0.717) is 17.2 Å². The number of rotatable bonds is 7. The molecule has 0 amide bonds. The monoisotopic (exact) mass is 289 g/mol. The maximum absolute atomic E-state index is 5.33. The Morgan fingerprint density at radius 3 is 2.14 bits per heavy atom. The van der Waals surface area contributed by atoms with E-state index in [2.05, 4.69) is 5.32 Å². The molecule has 0 radical (unpaired) electrons. The summed E-state index contributed by atoms with van der Waals surface area (Å²) in [5, 5.41) is 2.94. The molecule has 1 aromatic carbocycles. The van der Waals surface area contributed by atoms with Crippen molar-refractivity contribution in [1.82, 2.24) is 5.32 Å². The Labute approximate surface area is 126 Å². The van der Waals surface area contributed by atoms with Crippen LogP contribution >= 0.6 is 0 Å². The van der Waals surface area contributed by atoms with E-state index in [9.17, 15) is 0 Å². The predicted molar refractivity (Wildman–Crippen MR) is 87.1 cm³/mol. The van der Waals surface area contributed by atoms with E-state index in [1.54, 1.807) is 21.3 Å². The molecule has 0 saturated carbocycles. The Morgan fingerprint density at radius 1 is 1.05 bits per heavy atom. The van der Waals surface area contributed by atoms with E-state index >= 15 is 0 Å². The standard InChI is InChI=1S/C17H23NO3/c1-13(7-6-10-18-2)8-9-14-11-15(19-3)17(21-5)16(12-14)20-4/h6-12,18H,1-5H3/b9-8-,10-6-,13-7+. The van der Waals surface area contributed by atoms with Gasteiger partial charge in [-0.25, -0.2) is 0 Å². The van der Waals surface area contributed by atoms with E-state index in [-0.39, 0.29) is 0 Å². The normalized spacial score (nSPS) is 12.0. The predicted octanol–water partition coefficient (Wildman–Crippen LogP) is 3.41. The van der Waals surface area contributed by atoms with Crippen LogP contribution in [0.15, 0.2) is 42.1 Å². The van der Waals surface area contributed by atoms with Crippen molar-refractivity contribution in [3.8, 4) is 17.2 Å². The van der Waals surface area contributed by atoms with Crippen molar-refractivity contribution in [2.45, 2.75) is 6.92 Å². The number of nitrogens with one attached hydrogen (secondary N) is 1. The number of ether oxygens (including phenoxy) is 3. The topological polar surface area (TPSA) is 39.7 Å². The summed E-state index contributed by atoms with van der Waals surface area (Å²) in [4.78, 5) is 0. The van der Waals surface area contributed by atoms with Crippen molar-refractivity contribution < 1.29 is 14.2 Å². The van der Waals surface area contributed by atoms with E-state index in [4.69, 9.17) is 14.2 Å². The second-order valence-electron chi connectivity index (χ2n) is 4.35.